The molecule has 0 saturated heterocycles. The monoisotopic (exact) mass is 779 g/mol. The molecule has 4 heterocycles. The highest BCUT2D eigenvalue weighted by Gasteiger charge is 2.22. The number of fused-ring (bicyclic) bond motifs is 9. The largest absolute Gasteiger partial charge is 0.208 e. The average Bonchev–Trinajstić information content (AvgIpc) is 3.98. The SMILES string of the molecule is c1ccc(-c2nc(-c3ccccc3)nc(-c3cccc4sc5c(-c6ccc(-c7cccc8sc9ccccc9c78)c7c6sc6ccccc67)cccc5c34)n2)cc1. The lowest BCUT2D eigenvalue weighted by molar-refractivity contribution is 1.08. The van der Waals surface area contributed by atoms with Crippen molar-refractivity contribution >= 4 is 94.5 Å². The molecule has 0 bridgehead atoms. The number of thiophene rings is 3. The van der Waals surface area contributed by atoms with Gasteiger partial charge < -0.3 is 0 Å². The molecule has 0 fully saturated rings. The van der Waals surface area contributed by atoms with Crippen LogP contribution in [0.3, 0.4) is 0 Å². The van der Waals surface area contributed by atoms with Crippen molar-refractivity contribution in [2.75, 3.05) is 0 Å². The molecule has 266 valence electrons. The molecule has 0 aliphatic carbocycles. The molecule has 0 saturated carbocycles. The standard InChI is InChI=1S/C51H29N3S3/c1-3-14-30(15-4-1)49-52-50(31-16-5-2-6-17-31)54-51(53-49)39-23-13-27-43-45(39)38-22-11-21-34(47(38)57-43)35-29-28-33(46-37-19-8-10-25-41(37)56-48(35)46)32-20-12-26-42-44(32)36-18-7-9-24-40(36)55-42/h1-29H. The number of benzene rings is 8. The first-order chi connectivity index (χ1) is 28.3. The Labute approximate surface area is 339 Å². The maximum Gasteiger partial charge on any atom is 0.164 e. The van der Waals surface area contributed by atoms with Gasteiger partial charge in [-0.25, -0.2) is 15.0 Å². The van der Waals surface area contributed by atoms with Gasteiger partial charge in [-0.15, -0.1) is 34.0 Å². The van der Waals surface area contributed by atoms with E-state index in [1.54, 1.807) is 0 Å². The Balaban J connectivity index is 1.09. The molecule has 0 aliphatic heterocycles. The van der Waals surface area contributed by atoms with E-state index >= 15 is 0 Å². The second-order valence-electron chi connectivity index (χ2n) is 14.2. The highest BCUT2D eigenvalue weighted by Crippen LogP contribution is 2.50. The molecular weight excluding hydrogens is 751 g/mol. The van der Waals surface area contributed by atoms with Crippen molar-refractivity contribution in [3.05, 3.63) is 176 Å². The molecule has 12 aromatic rings. The van der Waals surface area contributed by atoms with E-state index < -0.39 is 0 Å². The molecule has 0 atom stereocenters. The first-order valence-corrected chi connectivity index (χ1v) is 21.4. The molecule has 0 aliphatic rings. The van der Waals surface area contributed by atoms with Crippen LogP contribution in [0.1, 0.15) is 0 Å². The average molecular weight is 780 g/mol. The highest BCUT2D eigenvalue weighted by atomic mass is 32.1. The lowest BCUT2D eigenvalue weighted by atomic mass is 9.92. The van der Waals surface area contributed by atoms with Crippen molar-refractivity contribution in [2.45, 2.75) is 0 Å². The second kappa shape index (κ2) is 13.0. The second-order valence-corrected chi connectivity index (χ2v) is 17.4. The fraction of sp³-hybridized carbons (Fsp3) is 0. The summed E-state index contributed by atoms with van der Waals surface area (Å²) in [5, 5.41) is 7.66. The Hall–Kier alpha value is -6.57. The molecule has 4 aromatic heterocycles. The topological polar surface area (TPSA) is 38.7 Å². The molecule has 8 aromatic carbocycles. The van der Waals surface area contributed by atoms with Crippen molar-refractivity contribution < 1.29 is 0 Å². The number of nitrogens with zero attached hydrogens (tertiary/aromatic N) is 3. The lowest BCUT2D eigenvalue weighted by Gasteiger charge is -2.12. The summed E-state index contributed by atoms with van der Waals surface area (Å²) in [6, 6.07) is 62.9. The zero-order chi connectivity index (χ0) is 37.5. The van der Waals surface area contributed by atoms with Crippen molar-refractivity contribution in [1.82, 2.24) is 15.0 Å². The Morgan fingerprint density at radius 3 is 1.42 bits per heavy atom. The van der Waals surface area contributed by atoms with Crippen molar-refractivity contribution in [3.8, 4) is 56.4 Å². The minimum absolute atomic E-state index is 0.662. The van der Waals surface area contributed by atoms with Crippen molar-refractivity contribution in [3.63, 3.8) is 0 Å². The molecule has 3 nitrogen and oxygen atoms in total. The van der Waals surface area contributed by atoms with E-state index in [9.17, 15) is 0 Å². The Kier molecular flexibility index (Phi) is 7.45. The van der Waals surface area contributed by atoms with E-state index in [1.165, 1.54) is 82.8 Å². The molecule has 0 unspecified atom stereocenters. The van der Waals surface area contributed by atoms with Gasteiger partial charge in [-0.2, -0.15) is 0 Å². The smallest absolute Gasteiger partial charge is 0.164 e. The third kappa shape index (κ3) is 5.19. The highest BCUT2D eigenvalue weighted by molar-refractivity contribution is 7.27. The van der Waals surface area contributed by atoms with Gasteiger partial charge >= 0.3 is 0 Å². The van der Waals surface area contributed by atoms with Crippen LogP contribution in [0.15, 0.2) is 176 Å². The van der Waals surface area contributed by atoms with Gasteiger partial charge in [-0.3, -0.25) is 0 Å². The van der Waals surface area contributed by atoms with Crippen molar-refractivity contribution in [2.24, 2.45) is 0 Å². The third-order valence-electron chi connectivity index (χ3n) is 11.0. The Morgan fingerprint density at radius 1 is 0.263 bits per heavy atom. The molecule has 0 radical (unpaired) electrons. The van der Waals surface area contributed by atoms with Crippen LogP contribution in [-0.2, 0) is 0 Å². The van der Waals surface area contributed by atoms with Crippen LogP contribution in [0, 0.1) is 0 Å². The maximum atomic E-state index is 5.14. The molecule has 12 rings (SSSR count). The van der Waals surface area contributed by atoms with Crippen LogP contribution in [0.2, 0.25) is 0 Å². The molecular formula is C51H29N3S3. The third-order valence-corrected chi connectivity index (χ3v) is 14.5. The Morgan fingerprint density at radius 2 is 0.702 bits per heavy atom. The van der Waals surface area contributed by atoms with E-state index in [1.807, 2.05) is 70.4 Å². The van der Waals surface area contributed by atoms with E-state index in [-0.39, 0.29) is 0 Å². The van der Waals surface area contributed by atoms with Gasteiger partial charge in [0.25, 0.3) is 0 Å². The summed E-state index contributed by atoms with van der Waals surface area (Å²) in [5.41, 5.74) is 8.00. The van der Waals surface area contributed by atoms with Crippen LogP contribution in [0.4, 0.5) is 0 Å². The molecule has 57 heavy (non-hydrogen) atoms. The summed E-state index contributed by atoms with van der Waals surface area (Å²) in [7, 11) is 0. The first-order valence-electron chi connectivity index (χ1n) is 18.9. The fourth-order valence-corrected chi connectivity index (χ4v) is 12.1. The minimum atomic E-state index is 0.662. The van der Waals surface area contributed by atoms with Crippen LogP contribution in [0.25, 0.3) is 117 Å². The maximum absolute atomic E-state index is 5.14. The van der Waals surface area contributed by atoms with Gasteiger partial charge in [0, 0.05) is 88.3 Å². The van der Waals surface area contributed by atoms with E-state index in [0.29, 0.717) is 17.5 Å². The predicted octanol–water partition coefficient (Wildman–Crippen LogP) is 15.3. The number of hydrogen-bond acceptors (Lipinski definition) is 6. The molecule has 0 spiro atoms. The summed E-state index contributed by atoms with van der Waals surface area (Å²) in [6.07, 6.45) is 0. The minimum Gasteiger partial charge on any atom is -0.208 e. The van der Waals surface area contributed by atoms with Crippen LogP contribution >= 0.6 is 34.0 Å². The molecule has 0 N–H and O–H groups in total. The fourth-order valence-electron chi connectivity index (χ4n) is 8.44. The number of hydrogen-bond donors (Lipinski definition) is 0. The zero-order valence-electron chi connectivity index (χ0n) is 30.3. The quantitative estimate of drug-likeness (QED) is 0.175. The van der Waals surface area contributed by atoms with Crippen molar-refractivity contribution in [1.29, 1.82) is 0 Å². The van der Waals surface area contributed by atoms with Crippen LogP contribution < -0.4 is 0 Å². The summed E-state index contributed by atoms with van der Waals surface area (Å²) in [4.78, 5) is 15.3. The van der Waals surface area contributed by atoms with E-state index in [4.69, 9.17) is 15.0 Å². The zero-order valence-corrected chi connectivity index (χ0v) is 32.8. The predicted molar refractivity (Wildman–Crippen MR) is 246 cm³/mol. The normalized spacial score (nSPS) is 11.9. The first kappa shape index (κ1) is 32.7. The van der Waals surface area contributed by atoms with Gasteiger partial charge in [0.05, 0.1) is 0 Å². The molecule has 0 amide bonds. The van der Waals surface area contributed by atoms with Gasteiger partial charge in [0.2, 0.25) is 0 Å². The number of aromatic nitrogens is 3. The lowest BCUT2D eigenvalue weighted by Crippen LogP contribution is -2.00. The molecule has 6 heteroatoms. The van der Waals surface area contributed by atoms with Crippen LogP contribution in [0.5, 0.6) is 0 Å². The summed E-state index contributed by atoms with van der Waals surface area (Å²) < 4.78 is 7.72. The van der Waals surface area contributed by atoms with Gasteiger partial charge in [0.1, 0.15) is 0 Å². The van der Waals surface area contributed by atoms with E-state index in [0.717, 1.165) is 16.7 Å². The number of rotatable bonds is 5. The van der Waals surface area contributed by atoms with Gasteiger partial charge in [-0.1, -0.05) is 152 Å². The van der Waals surface area contributed by atoms with Gasteiger partial charge in [-0.05, 0) is 35.4 Å². The summed E-state index contributed by atoms with van der Waals surface area (Å²) in [6.45, 7) is 0. The van der Waals surface area contributed by atoms with Crippen LogP contribution in [-0.4, -0.2) is 15.0 Å². The Bertz CT molecular complexity index is 3470. The summed E-state index contributed by atoms with van der Waals surface area (Å²) >= 11 is 5.62. The van der Waals surface area contributed by atoms with Gasteiger partial charge in [0.15, 0.2) is 17.5 Å². The summed E-state index contributed by atoms with van der Waals surface area (Å²) in [5.74, 6) is 2.00. The van der Waals surface area contributed by atoms with E-state index in [2.05, 4.69) is 140 Å².